The molecule has 0 bridgehead atoms. The molecular formula is C26H33F2N3O5S. The number of fused-ring (bicyclic) bond motifs is 1. The summed E-state index contributed by atoms with van der Waals surface area (Å²) < 4.78 is 61.7. The van der Waals surface area contributed by atoms with E-state index in [9.17, 15) is 22.0 Å². The van der Waals surface area contributed by atoms with Gasteiger partial charge in [-0.25, -0.2) is 8.42 Å². The van der Waals surface area contributed by atoms with Crippen LogP contribution in [0.25, 0.3) is 11.3 Å². The number of nitrogens with one attached hydrogen (secondary N) is 1. The zero-order valence-electron chi connectivity index (χ0n) is 20.9. The zero-order valence-corrected chi connectivity index (χ0v) is 21.7. The topological polar surface area (TPSA) is 99.5 Å². The van der Waals surface area contributed by atoms with E-state index >= 15 is 0 Å². The largest absolute Gasteiger partial charge is 0.435 e. The van der Waals surface area contributed by atoms with Gasteiger partial charge in [-0.3, -0.25) is 9.48 Å². The number of benzene rings is 1. The van der Waals surface area contributed by atoms with Crippen LogP contribution in [0.2, 0.25) is 0 Å². The number of nitrogens with zero attached hydrogens (tertiary/aromatic N) is 2. The minimum Gasteiger partial charge on any atom is -0.435 e. The van der Waals surface area contributed by atoms with Gasteiger partial charge in [-0.1, -0.05) is 12.1 Å². The second kappa shape index (κ2) is 10.3. The molecule has 0 unspecified atom stereocenters. The summed E-state index contributed by atoms with van der Waals surface area (Å²) in [5.74, 6) is 0.113. The molecule has 1 aromatic heterocycles. The van der Waals surface area contributed by atoms with E-state index in [-0.39, 0.29) is 29.1 Å². The molecule has 3 aliphatic rings. The molecular weight excluding hydrogens is 504 g/mol. The molecule has 1 aliphatic carbocycles. The molecule has 2 aromatic rings. The Morgan fingerprint density at radius 2 is 2.08 bits per heavy atom. The average Bonchev–Trinajstić information content (AvgIpc) is 3.34. The molecule has 3 heterocycles. The van der Waals surface area contributed by atoms with Crippen molar-refractivity contribution in [3.05, 3.63) is 35.5 Å². The van der Waals surface area contributed by atoms with E-state index in [0.29, 0.717) is 56.9 Å². The molecule has 2 fully saturated rings. The van der Waals surface area contributed by atoms with Crippen molar-refractivity contribution in [2.24, 2.45) is 11.8 Å². The van der Waals surface area contributed by atoms with E-state index in [1.54, 1.807) is 19.1 Å². The van der Waals surface area contributed by atoms with Crippen LogP contribution in [0.3, 0.4) is 0 Å². The third-order valence-corrected chi connectivity index (χ3v) is 9.66. The monoisotopic (exact) mass is 537 g/mol. The molecule has 8 nitrogen and oxygen atoms in total. The molecule has 202 valence electrons. The maximum absolute atomic E-state index is 13.3. The number of hydrogen-bond donors (Lipinski definition) is 1. The van der Waals surface area contributed by atoms with Gasteiger partial charge in [0.05, 0.1) is 22.7 Å². The predicted molar refractivity (Wildman–Crippen MR) is 133 cm³/mol. The summed E-state index contributed by atoms with van der Waals surface area (Å²) in [7, 11) is -3.14. The zero-order chi connectivity index (χ0) is 26.2. The number of hydrogen-bond acceptors (Lipinski definition) is 6. The summed E-state index contributed by atoms with van der Waals surface area (Å²) in [6.07, 6.45) is 3.99. The number of carbonyl (C=O) groups excluding carboxylic acids is 1. The highest BCUT2D eigenvalue weighted by Gasteiger charge is 2.41. The first-order valence-corrected chi connectivity index (χ1v) is 14.7. The Hall–Kier alpha value is -2.53. The third-order valence-electron chi connectivity index (χ3n) is 7.75. The molecule has 0 saturated carbocycles. The second-order valence-electron chi connectivity index (χ2n) is 10.7. The van der Waals surface area contributed by atoms with Gasteiger partial charge in [0, 0.05) is 48.9 Å². The molecule has 5 rings (SSSR count). The molecule has 37 heavy (non-hydrogen) atoms. The van der Waals surface area contributed by atoms with E-state index in [2.05, 4.69) is 10.1 Å². The normalized spacial score (nSPS) is 25.7. The number of halogens is 2. The van der Waals surface area contributed by atoms with Crippen LogP contribution in [-0.2, 0) is 38.8 Å². The number of carbonyl (C=O) groups is 1. The van der Waals surface area contributed by atoms with Crippen molar-refractivity contribution in [3.8, 4) is 17.0 Å². The lowest BCUT2D eigenvalue weighted by Crippen LogP contribution is -2.50. The molecule has 1 aromatic carbocycles. The highest BCUT2D eigenvalue weighted by Crippen LogP contribution is 2.36. The molecule has 1 amide bonds. The fourth-order valence-electron chi connectivity index (χ4n) is 5.79. The molecule has 0 spiro atoms. The van der Waals surface area contributed by atoms with Gasteiger partial charge in [0.1, 0.15) is 5.75 Å². The Morgan fingerprint density at radius 1 is 1.30 bits per heavy atom. The Morgan fingerprint density at radius 3 is 2.78 bits per heavy atom. The van der Waals surface area contributed by atoms with E-state index < -0.39 is 22.0 Å². The lowest BCUT2D eigenvalue weighted by molar-refractivity contribution is -0.126. The summed E-state index contributed by atoms with van der Waals surface area (Å²) >= 11 is 0. The number of amides is 1. The summed E-state index contributed by atoms with van der Waals surface area (Å²) in [5.41, 5.74) is 2.70. The predicted octanol–water partition coefficient (Wildman–Crippen LogP) is 3.38. The standard InChI is InChI=1S/C26H33F2N3O5S/c1-26(9-12-37(33,34)16-26)29-24(32)19-5-6-21-22(14-19)31(15-17-7-10-35-11-8-17)30-23(21)18-3-2-4-20(13-18)36-25(27)28/h2-4,13,17,19,25H,5-12,14-16H2,1H3,(H,29,32)/t19-,26+/m1/s1. The smallest absolute Gasteiger partial charge is 0.387 e. The first-order chi connectivity index (χ1) is 17.6. The van der Waals surface area contributed by atoms with Crippen molar-refractivity contribution < 1.29 is 31.5 Å². The van der Waals surface area contributed by atoms with Crippen LogP contribution >= 0.6 is 0 Å². The number of ether oxygens (including phenoxy) is 2. The van der Waals surface area contributed by atoms with Gasteiger partial charge in [0.15, 0.2) is 9.84 Å². The van der Waals surface area contributed by atoms with Gasteiger partial charge in [0.25, 0.3) is 0 Å². The Kier molecular flexibility index (Phi) is 7.28. The van der Waals surface area contributed by atoms with Crippen molar-refractivity contribution in [1.29, 1.82) is 0 Å². The van der Waals surface area contributed by atoms with Crippen LogP contribution in [0.5, 0.6) is 5.75 Å². The highest BCUT2D eigenvalue weighted by atomic mass is 32.2. The van der Waals surface area contributed by atoms with E-state index in [1.165, 1.54) is 6.07 Å². The molecule has 0 radical (unpaired) electrons. The van der Waals surface area contributed by atoms with Gasteiger partial charge in [-0.05, 0) is 57.1 Å². The number of alkyl halides is 2. The molecule has 11 heteroatoms. The van der Waals surface area contributed by atoms with Crippen LogP contribution in [0, 0.1) is 11.8 Å². The highest BCUT2D eigenvalue weighted by molar-refractivity contribution is 7.91. The summed E-state index contributed by atoms with van der Waals surface area (Å²) in [4.78, 5) is 13.3. The van der Waals surface area contributed by atoms with Gasteiger partial charge in [0.2, 0.25) is 5.91 Å². The van der Waals surface area contributed by atoms with Crippen molar-refractivity contribution in [2.75, 3.05) is 24.7 Å². The van der Waals surface area contributed by atoms with Crippen molar-refractivity contribution in [2.45, 2.75) is 64.1 Å². The number of rotatable bonds is 7. The molecule has 2 saturated heterocycles. The quantitative estimate of drug-likeness (QED) is 0.582. The first kappa shape index (κ1) is 26.1. The second-order valence-corrected chi connectivity index (χ2v) is 12.9. The van der Waals surface area contributed by atoms with E-state index in [1.807, 2.05) is 10.7 Å². The molecule has 2 atom stereocenters. The van der Waals surface area contributed by atoms with E-state index in [4.69, 9.17) is 9.84 Å². The van der Waals surface area contributed by atoms with Gasteiger partial charge < -0.3 is 14.8 Å². The van der Waals surface area contributed by atoms with Crippen molar-refractivity contribution in [3.63, 3.8) is 0 Å². The third kappa shape index (κ3) is 5.98. The Balaban J connectivity index is 1.41. The van der Waals surface area contributed by atoms with Crippen LogP contribution in [0.15, 0.2) is 24.3 Å². The van der Waals surface area contributed by atoms with Gasteiger partial charge >= 0.3 is 6.61 Å². The molecule has 1 N–H and O–H groups in total. The summed E-state index contributed by atoms with van der Waals surface area (Å²) in [6.45, 7) is 1.00. The van der Waals surface area contributed by atoms with E-state index in [0.717, 1.165) is 29.8 Å². The fourth-order valence-corrected chi connectivity index (χ4v) is 7.88. The van der Waals surface area contributed by atoms with Crippen LogP contribution < -0.4 is 10.1 Å². The van der Waals surface area contributed by atoms with Crippen LogP contribution in [0.4, 0.5) is 8.78 Å². The first-order valence-electron chi connectivity index (χ1n) is 12.8. The lowest BCUT2D eigenvalue weighted by atomic mass is 9.84. The maximum atomic E-state index is 13.3. The van der Waals surface area contributed by atoms with Gasteiger partial charge in [-0.15, -0.1) is 0 Å². The van der Waals surface area contributed by atoms with Crippen LogP contribution in [-0.4, -0.2) is 61.0 Å². The minimum atomic E-state index is -3.14. The van der Waals surface area contributed by atoms with Crippen molar-refractivity contribution >= 4 is 15.7 Å². The van der Waals surface area contributed by atoms with Gasteiger partial charge in [-0.2, -0.15) is 13.9 Å². The fraction of sp³-hybridized carbons (Fsp3) is 0.615. The Labute approximate surface area is 215 Å². The van der Waals surface area contributed by atoms with Crippen LogP contribution in [0.1, 0.15) is 43.9 Å². The Bertz CT molecular complexity index is 1260. The SMILES string of the molecule is C[C@]1(NC(=O)[C@@H]2CCc3c(-c4cccc(OC(F)F)c4)nn(CC4CCOCC4)c3C2)CCS(=O)(=O)C1. The minimum absolute atomic E-state index is 0.0351. The number of sulfone groups is 1. The maximum Gasteiger partial charge on any atom is 0.387 e. The molecule has 2 aliphatic heterocycles. The summed E-state index contributed by atoms with van der Waals surface area (Å²) in [6, 6.07) is 6.57. The average molecular weight is 538 g/mol. The van der Waals surface area contributed by atoms with Crippen molar-refractivity contribution in [1.82, 2.24) is 15.1 Å². The lowest BCUT2D eigenvalue weighted by Gasteiger charge is -2.30. The number of aromatic nitrogens is 2. The summed E-state index contributed by atoms with van der Waals surface area (Å²) in [5, 5.41) is 7.95.